The van der Waals surface area contributed by atoms with Crippen LogP contribution in [0.2, 0.25) is 0 Å². The zero-order chi connectivity index (χ0) is 10.7. The topological polar surface area (TPSA) is 25.8 Å². The van der Waals surface area contributed by atoms with Crippen molar-refractivity contribution in [1.82, 2.24) is 9.97 Å². The summed E-state index contributed by atoms with van der Waals surface area (Å²) in [6, 6.07) is 11.1. The van der Waals surface area contributed by atoms with Crippen molar-refractivity contribution in [3.05, 3.63) is 48.8 Å². The summed E-state index contributed by atoms with van der Waals surface area (Å²) in [5.74, 6) is 0. The van der Waals surface area contributed by atoms with Gasteiger partial charge < -0.3 is 0 Å². The van der Waals surface area contributed by atoms with E-state index in [9.17, 15) is 0 Å². The predicted molar refractivity (Wildman–Crippen MR) is 59.4 cm³/mol. The molecule has 0 aliphatic heterocycles. The molecule has 0 radical (unpaired) electrons. The van der Waals surface area contributed by atoms with Crippen LogP contribution in [0.5, 0.6) is 0 Å². The van der Waals surface area contributed by atoms with E-state index in [2.05, 4.69) is 9.97 Å². The first-order chi connectivity index (χ1) is 7.21. The maximum absolute atomic E-state index is 6.38. The molecule has 82 valence electrons. The van der Waals surface area contributed by atoms with Crippen molar-refractivity contribution in [2.45, 2.75) is 0 Å². The van der Waals surface area contributed by atoms with Gasteiger partial charge in [-0.3, -0.25) is 0 Å². The molecule has 0 amide bonds. The molecular formula is C10H8Cl2N2Pd. The number of nitrogens with zero attached hydrogens (tertiary/aromatic N) is 2. The predicted octanol–water partition coefficient (Wildman–Crippen LogP) is 1.89. The summed E-state index contributed by atoms with van der Waals surface area (Å²) in [7, 11) is 12.8. The van der Waals surface area contributed by atoms with E-state index in [-0.39, 0.29) is 0 Å². The number of rotatable bonds is 2. The molecule has 0 spiro atoms. The zero-order valence-electron chi connectivity index (χ0n) is 7.59. The van der Waals surface area contributed by atoms with Crippen LogP contribution in [0.3, 0.4) is 0 Å². The summed E-state index contributed by atoms with van der Waals surface area (Å²) >= 11 is -2.86. The molecular weight excluding hydrogens is 325 g/mol. The van der Waals surface area contributed by atoms with E-state index in [0.29, 0.717) is 0 Å². The van der Waals surface area contributed by atoms with Crippen LogP contribution in [0.15, 0.2) is 48.8 Å². The van der Waals surface area contributed by atoms with E-state index in [1.54, 1.807) is 12.4 Å². The minimum absolute atomic E-state index is 0.726. The normalized spacial score (nSPS) is 12.4. The second-order valence-electron chi connectivity index (χ2n) is 2.60. The van der Waals surface area contributed by atoms with Gasteiger partial charge in [-0.05, 0) is 0 Å². The molecule has 2 nitrogen and oxygen atoms in total. The van der Waals surface area contributed by atoms with E-state index < -0.39 is 13.5 Å². The van der Waals surface area contributed by atoms with E-state index in [1.165, 1.54) is 0 Å². The van der Waals surface area contributed by atoms with Crippen molar-refractivity contribution in [2.75, 3.05) is 0 Å². The van der Waals surface area contributed by atoms with Gasteiger partial charge in [0, 0.05) is 0 Å². The van der Waals surface area contributed by atoms with Gasteiger partial charge >= 0.3 is 99.6 Å². The van der Waals surface area contributed by atoms with Gasteiger partial charge in [-0.15, -0.1) is 0 Å². The summed E-state index contributed by atoms with van der Waals surface area (Å²) in [5.41, 5.74) is 0. The average molecular weight is 334 g/mol. The quantitative estimate of drug-likeness (QED) is 0.785. The standard InChI is InChI=1S/2C5H4N.2ClH.Pd/c2*1-2-4-6-5-3-1;;;/h2*1-4H;2*1H;/q;;;;+2/p-2. The molecule has 0 saturated heterocycles. The summed E-state index contributed by atoms with van der Waals surface area (Å²) in [6.07, 6.45) is 3.38. The molecule has 0 atom stereocenters. The Balaban J connectivity index is 2.44. The Morgan fingerprint density at radius 2 is 1.27 bits per heavy atom. The third-order valence-corrected chi connectivity index (χ3v) is 7.45. The number of pyridine rings is 2. The van der Waals surface area contributed by atoms with Gasteiger partial charge in [0.2, 0.25) is 0 Å². The Bertz CT molecular complexity index is 392. The molecule has 2 aromatic rings. The third kappa shape index (κ3) is 2.38. The van der Waals surface area contributed by atoms with Crippen molar-refractivity contribution in [3.63, 3.8) is 0 Å². The van der Waals surface area contributed by atoms with E-state index >= 15 is 0 Å². The summed E-state index contributed by atoms with van der Waals surface area (Å²) in [4.78, 5) is 8.38. The van der Waals surface area contributed by atoms with Crippen molar-refractivity contribution in [2.24, 2.45) is 0 Å². The van der Waals surface area contributed by atoms with E-state index in [1.807, 2.05) is 36.4 Å². The molecule has 0 bridgehead atoms. The minimum atomic E-state index is -2.86. The number of hydrogen-bond donors (Lipinski definition) is 0. The van der Waals surface area contributed by atoms with Gasteiger partial charge in [0.1, 0.15) is 0 Å². The first-order valence-electron chi connectivity index (χ1n) is 4.10. The fourth-order valence-corrected chi connectivity index (χ4v) is 4.75. The Hall–Kier alpha value is -0.458. The number of hydrogen-bond acceptors (Lipinski definition) is 2. The molecule has 0 aliphatic rings. The molecule has 0 aromatic carbocycles. The van der Waals surface area contributed by atoms with Crippen molar-refractivity contribution in [3.8, 4) is 0 Å². The van der Waals surface area contributed by atoms with Crippen LogP contribution < -0.4 is 8.33 Å². The molecule has 0 N–H and O–H groups in total. The van der Waals surface area contributed by atoms with Crippen molar-refractivity contribution < 1.29 is 13.5 Å². The molecule has 15 heavy (non-hydrogen) atoms. The van der Waals surface area contributed by atoms with Crippen LogP contribution >= 0.6 is 19.1 Å². The molecule has 2 aromatic heterocycles. The van der Waals surface area contributed by atoms with Crippen molar-refractivity contribution in [1.29, 1.82) is 0 Å². The van der Waals surface area contributed by atoms with Crippen molar-refractivity contribution >= 4 is 27.4 Å². The second-order valence-corrected chi connectivity index (χ2v) is 11.0. The van der Waals surface area contributed by atoms with E-state index in [4.69, 9.17) is 19.1 Å². The van der Waals surface area contributed by atoms with Gasteiger partial charge in [0.15, 0.2) is 0 Å². The monoisotopic (exact) mass is 332 g/mol. The molecule has 0 unspecified atom stereocenters. The molecule has 5 heteroatoms. The summed E-state index contributed by atoms with van der Waals surface area (Å²) < 4.78 is 1.45. The van der Waals surface area contributed by atoms with Crippen LogP contribution in [0.4, 0.5) is 0 Å². The summed E-state index contributed by atoms with van der Waals surface area (Å²) in [6.45, 7) is 0. The SMILES string of the molecule is [Cl][Pd]([Cl])([c]1ccccn1)[c]1ccccn1. The Kier molecular flexibility index (Phi) is 3.38. The molecule has 2 heterocycles. The first kappa shape index (κ1) is 11.0. The third-order valence-electron chi connectivity index (χ3n) is 1.63. The van der Waals surface area contributed by atoms with Gasteiger partial charge in [0.05, 0.1) is 0 Å². The fourth-order valence-electron chi connectivity index (χ4n) is 0.981. The van der Waals surface area contributed by atoms with Gasteiger partial charge in [-0.25, -0.2) is 0 Å². The van der Waals surface area contributed by atoms with Crippen LogP contribution in [0, 0.1) is 0 Å². The van der Waals surface area contributed by atoms with Gasteiger partial charge in [-0.1, -0.05) is 0 Å². The fraction of sp³-hybridized carbons (Fsp3) is 0. The van der Waals surface area contributed by atoms with Crippen LogP contribution in [-0.4, -0.2) is 9.97 Å². The van der Waals surface area contributed by atoms with E-state index in [0.717, 1.165) is 8.33 Å². The number of aromatic nitrogens is 2. The Labute approximate surface area is 99.3 Å². The van der Waals surface area contributed by atoms with Crippen LogP contribution in [-0.2, 0) is 13.5 Å². The molecule has 0 fully saturated rings. The molecule has 0 saturated carbocycles. The Morgan fingerprint density at radius 3 is 1.60 bits per heavy atom. The van der Waals surface area contributed by atoms with Crippen LogP contribution in [0.1, 0.15) is 0 Å². The average Bonchev–Trinajstić information content (AvgIpc) is 2.31. The Morgan fingerprint density at radius 1 is 0.800 bits per heavy atom. The van der Waals surface area contributed by atoms with Crippen LogP contribution in [0.25, 0.3) is 0 Å². The van der Waals surface area contributed by atoms with Gasteiger partial charge in [0.25, 0.3) is 0 Å². The molecule has 2 rings (SSSR count). The zero-order valence-corrected chi connectivity index (χ0v) is 10.7. The first-order valence-corrected chi connectivity index (χ1v) is 9.65. The maximum atomic E-state index is 6.38. The second kappa shape index (κ2) is 4.59. The number of halogens is 2. The van der Waals surface area contributed by atoms with Gasteiger partial charge in [-0.2, -0.15) is 0 Å². The summed E-state index contributed by atoms with van der Waals surface area (Å²) in [5, 5.41) is 0. The molecule has 0 aliphatic carbocycles.